The molecule has 1 nitrogen and oxygen atoms in total. The highest BCUT2D eigenvalue weighted by Crippen LogP contribution is 2.21. The summed E-state index contributed by atoms with van der Waals surface area (Å²) in [6.45, 7) is 13.3. The van der Waals surface area contributed by atoms with E-state index >= 15 is 0 Å². The fraction of sp³-hybridized carbons (Fsp3) is 0.818. The van der Waals surface area contributed by atoms with Gasteiger partial charge in [-0.25, -0.2) is 0 Å². The fourth-order valence-electron chi connectivity index (χ4n) is 2.97. The molecule has 0 saturated carbocycles. The Bertz CT molecular complexity index is 295. The fourth-order valence-corrected chi connectivity index (χ4v) is 2.97. The van der Waals surface area contributed by atoms with E-state index in [4.69, 9.17) is 4.74 Å². The summed E-state index contributed by atoms with van der Waals surface area (Å²) < 4.78 is 5.97. The largest absolute Gasteiger partial charge is 0.467 e. The maximum Gasteiger partial charge on any atom is 0.0965 e. The van der Waals surface area contributed by atoms with Gasteiger partial charge in [0.25, 0.3) is 0 Å². The summed E-state index contributed by atoms with van der Waals surface area (Å²) in [5.74, 6) is 3.76. The standard InChI is InChI=1S/C22H42O/c1-7-11-13-21(9-3)17-15-19(5)23-20(6)16-18-22(10-4)14-12-8-2/h15-16,21-22H,7-14,17-18H2,1-6H3. The second kappa shape index (κ2) is 14.8. The van der Waals surface area contributed by atoms with Crippen molar-refractivity contribution in [3.8, 4) is 0 Å². The average Bonchev–Trinajstić information content (AvgIpc) is 2.55. The highest BCUT2D eigenvalue weighted by atomic mass is 16.5. The Morgan fingerprint density at radius 3 is 1.43 bits per heavy atom. The molecule has 0 heterocycles. The van der Waals surface area contributed by atoms with E-state index in [1.807, 2.05) is 0 Å². The number of unbranched alkanes of at least 4 members (excludes halogenated alkanes) is 2. The molecule has 0 aliphatic heterocycles. The van der Waals surface area contributed by atoms with Gasteiger partial charge in [-0.05, 0) is 50.7 Å². The predicted octanol–water partition coefficient (Wildman–Crippen LogP) is 8.02. The van der Waals surface area contributed by atoms with Crippen LogP contribution in [0.1, 0.15) is 106 Å². The van der Waals surface area contributed by atoms with Crippen LogP contribution < -0.4 is 0 Å². The van der Waals surface area contributed by atoms with E-state index in [0.29, 0.717) is 0 Å². The third-order valence-electron chi connectivity index (χ3n) is 4.89. The van der Waals surface area contributed by atoms with Crippen LogP contribution in [0.15, 0.2) is 23.7 Å². The number of hydrogen-bond acceptors (Lipinski definition) is 1. The quantitative estimate of drug-likeness (QED) is 0.294. The summed E-state index contributed by atoms with van der Waals surface area (Å²) in [5.41, 5.74) is 0. The molecule has 1 heteroatoms. The van der Waals surface area contributed by atoms with Crippen molar-refractivity contribution >= 4 is 0 Å². The first-order valence-electron chi connectivity index (χ1n) is 10.1. The Morgan fingerprint density at radius 2 is 1.13 bits per heavy atom. The van der Waals surface area contributed by atoms with Crippen molar-refractivity contribution in [3.05, 3.63) is 23.7 Å². The van der Waals surface area contributed by atoms with Crippen LogP contribution >= 0.6 is 0 Å². The summed E-state index contributed by atoms with van der Waals surface area (Å²) in [6, 6.07) is 0. The topological polar surface area (TPSA) is 9.23 Å². The van der Waals surface area contributed by atoms with Gasteiger partial charge in [0, 0.05) is 0 Å². The molecule has 0 amide bonds. The van der Waals surface area contributed by atoms with Gasteiger partial charge in [-0.3, -0.25) is 0 Å². The van der Waals surface area contributed by atoms with Crippen molar-refractivity contribution in [3.63, 3.8) is 0 Å². The van der Waals surface area contributed by atoms with E-state index in [1.54, 1.807) is 0 Å². The Morgan fingerprint density at radius 1 is 0.739 bits per heavy atom. The van der Waals surface area contributed by atoms with E-state index in [-0.39, 0.29) is 0 Å². The number of ether oxygens (including phenoxy) is 1. The summed E-state index contributed by atoms with van der Waals surface area (Å²) in [6.07, 6.45) is 17.4. The Hall–Kier alpha value is -0.720. The van der Waals surface area contributed by atoms with Crippen LogP contribution in [0.4, 0.5) is 0 Å². The van der Waals surface area contributed by atoms with Gasteiger partial charge >= 0.3 is 0 Å². The zero-order valence-electron chi connectivity index (χ0n) is 16.8. The molecule has 23 heavy (non-hydrogen) atoms. The maximum atomic E-state index is 5.97. The average molecular weight is 323 g/mol. The van der Waals surface area contributed by atoms with Crippen LogP contribution in [-0.2, 0) is 4.74 Å². The minimum absolute atomic E-state index is 0.816. The van der Waals surface area contributed by atoms with Gasteiger partial charge in [0.05, 0.1) is 11.5 Å². The van der Waals surface area contributed by atoms with Crippen molar-refractivity contribution in [2.24, 2.45) is 11.8 Å². The van der Waals surface area contributed by atoms with E-state index < -0.39 is 0 Å². The van der Waals surface area contributed by atoms with Gasteiger partial charge in [0.1, 0.15) is 0 Å². The first-order chi connectivity index (χ1) is 11.1. The Labute approximate surface area is 146 Å². The molecule has 0 aliphatic rings. The van der Waals surface area contributed by atoms with Crippen LogP contribution in [0.3, 0.4) is 0 Å². The normalized spacial score (nSPS) is 15.6. The predicted molar refractivity (Wildman–Crippen MR) is 104 cm³/mol. The molecule has 0 bridgehead atoms. The molecule has 136 valence electrons. The molecular weight excluding hydrogens is 280 g/mol. The van der Waals surface area contributed by atoms with Crippen LogP contribution in [0.2, 0.25) is 0 Å². The second-order valence-electron chi connectivity index (χ2n) is 7.04. The molecule has 2 unspecified atom stereocenters. The smallest absolute Gasteiger partial charge is 0.0965 e. The molecule has 0 saturated heterocycles. The second-order valence-corrected chi connectivity index (χ2v) is 7.04. The van der Waals surface area contributed by atoms with Gasteiger partial charge in [0.2, 0.25) is 0 Å². The van der Waals surface area contributed by atoms with E-state index in [1.165, 1.54) is 51.4 Å². The summed E-state index contributed by atoms with van der Waals surface area (Å²) >= 11 is 0. The molecule has 0 aromatic rings. The number of rotatable bonds is 14. The van der Waals surface area contributed by atoms with Crippen LogP contribution in [0.25, 0.3) is 0 Å². The van der Waals surface area contributed by atoms with E-state index in [0.717, 1.165) is 36.2 Å². The van der Waals surface area contributed by atoms with Crippen molar-refractivity contribution < 1.29 is 4.74 Å². The molecular formula is C22H42O. The third kappa shape index (κ3) is 12.4. The van der Waals surface area contributed by atoms with Gasteiger partial charge < -0.3 is 4.74 Å². The van der Waals surface area contributed by atoms with Gasteiger partial charge in [-0.1, -0.05) is 79.1 Å². The van der Waals surface area contributed by atoms with Crippen LogP contribution in [0.5, 0.6) is 0 Å². The third-order valence-corrected chi connectivity index (χ3v) is 4.89. The van der Waals surface area contributed by atoms with Crippen LogP contribution in [-0.4, -0.2) is 0 Å². The zero-order chi connectivity index (χ0) is 17.5. The first-order valence-corrected chi connectivity index (χ1v) is 10.1. The summed E-state index contributed by atoms with van der Waals surface area (Å²) in [7, 11) is 0. The molecule has 0 aliphatic carbocycles. The number of hydrogen-bond donors (Lipinski definition) is 0. The minimum atomic E-state index is 0.816. The van der Waals surface area contributed by atoms with Crippen molar-refractivity contribution in [1.29, 1.82) is 0 Å². The molecule has 0 spiro atoms. The monoisotopic (exact) mass is 322 g/mol. The van der Waals surface area contributed by atoms with E-state index in [9.17, 15) is 0 Å². The van der Waals surface area contributed by atoms with Gasteiger partial charge in [0.15, 0.2) is 0 Å². The zero-order valence-corrected chi connectivity index (χ0v) is 16.8. The van der Waals surface area contributed by atoms with Crippen molar-refractivity contribution in [1.82, 2.24) is 0 Å². The van der Waals surface area contributed by atoms with Gasteiger partial charge in [-0.15, -0.1) is 0 Å². The molecule has 0 aromatic heterocycles. The molecule has 0 fully saturated rings. The highest BCUT2D eigenvalue weighted by Gasteiger charge is 2.06. The van der Waals surface area contributed by atoms with Crippen molar-refractivity contribution in [2.45, 2.75) is 106 Å². The minimum Gasteiger partial charge on any atom is -0.467 e. The maximum absolute atomic E-state index is 5.97. The molecule has 2 atom stereocenters. The van der Waals surface area contributed by atoms with Crippen molar-refractivity contribution in [2.75, 3.05) is 0 Å². The SMILES string of the molecule is CCCCC(CC)CC=C(C)OC(C)=CCC(CC)CCCC. The Balaban J connectivity index is 4.26. The lowest BCUT2D eigenvalue weighted by Crippen LogP contribution is -1.99. The first kappa shape index (κ1) is 22.3. The molecule has 0 radical (unpaired) electrons. The lowest BCUT2D eigenvalue weighted by molar-refractivity contribution is 0.300. The summed E-state index contributed by atoms with van der Waals surface area (Å²) in [5, 5.41) is 0. The lowest BCUT2D eigenvalue weighted by Gasteiger charge is -2.14. The van der Waals surface area contributed by atoms with Gasteiger partial charge in [-0.2, -0.15) is 0 Å². The molecule has 0 rings (SSSR count). The lowest BCUT2D eigenvalue weighted by atomic mass is 9.95. The van der Waals surface area contributed by atoms with Crippen LogP contribution in [0, 0.1) is 11.8 Å². The molecule has 0 N–H and O–H groups in total. The molecule has 0 aromatic carbocycles. The van der Waals surface area contributed by atoms with E-state index in [2.05, 4.69) is 53.7 Å². The highest BCUT2D eigenvalue weighted by molar-refractivity contribution is 4.99. The summed E-state index contributed by atoms with van der Waals surface area (Å²) in [4.78, 5) is 0. The number of allylic oxidation sites excluding steroid dienone is 4. The Kier molecular flexibility index (Phi) is 14.4.